The average Bonchev–Trinajstić information content (AvgIpc) is 2.29. The first-order valence-electron chi connectivity index (χ1n) is 6.57. The summed E-state index contributed by atoms with van der Waals surface area (Å²) in [7, 11) is 0. The highest BCUT2D eigenvalue weighted by Gasteiger charge is 2.08. The lowest BCUT2D eigenvalue weighted by atomic mass is 9.99. The maximum atomic E-state index is 9.72. The zero-order valence-electron chi connectivity index (χ0n) is 11.2. The average molecular weight is 251 g/mol. The van der Waals surface area contributed by atoms with Crippen LogP contribution in [0.4, 0.5) is 11.4 Å². The van der Waals surface area contributed by atoms with Gasteiger partial charge < -0.3 is 22.3 Å². The molecule has 102 valence electrons. The van der Waals surface area contributed by atoms with Crippen LogP contribution in [0.5, 0.6) is 0 Å². The van der Waals surface area contributed by atoms with Gasteiger partial charge in [-0.1, -0.05) is 0 Å². The first kappa shape index (κ1) is 14.8. The molecule has 1 unspecified atom stereocenters. The highest BCUT2D eigenvalue weighted by Crippen LogP contribution is 2.24. The van der Waals surface area contributed by atoms with Gasteiger partial charge in [-0.2, -0.15) is 0 Å². The van der Waals surface area contributed by atoms with Crippen molar-refractivity contribution in [1.29, 1.82) is 0 Å². The van der Waals surface area contributed by atoms with Crippen molar-refractivity contribution >= 4 is 11.4 Å². The number of hydrogen-bond acceptors (Lipinski definition) is 4. The van der Waals surface area contributed by atoms with Gasteiger partial charge in [-0.05, 0) is 68.8 Å². The van der Waals surface area contributed by atoms with E-state index in [-0.39, 0.29) is 6.10 Å². The molecule has 1 aromatic carbocycles. The van der Waals surface area contributed by atoms with Gasteiger partial charge in [0.05, 0.1) is 6.10 Å². The molecule has 7 N–H and O–H groups in total. The Balaban J connectivity index is 2.44. The van der Waals surface area contributed by atoms with Crippen LogP contribution >= 0.6 is 0 Å². The molecule has 0 saturated carbocycles. The lowest BCUT2D eigenvalue weighted by Crippen LogP contribution is -2.10. The van der Waals surface area contributed by atoms with E-state index >= 15 is 0 Å². The number of anilines is 2. The molecule has 0 aliphatic rings. The van der Waals surface area contributed by atoms with E-state index in [1.165, 1.54) is 0 Å². The first-order chi connectivity index (χ1) is 8.54. The topological polar surface area (TPSA) is 98.3 Å². The zero-order chi connectivity index (χ0) is 13.5. The lowest BCUT2D eigenvalue weighted by Gasteiger charge is -2.13. The predicted molar refractivity (Wildman–Crippen MR) is 77.2 cm³/mol. The molecule has 0 saturated heterocycles. The molecule has 0 bridgehead atoms. The minimum Gasteiger partial charge on any atom is -0.398 e. The highest BCUT2D eigenvalue weighted by molar-refractivity contribution is 5.63. The predicted octanol–water partition coefficient (Wildman–Crippen LogP) is 1.58. The maximum absolute atomic E-state index is 9.72. The number of nitrogens with two attached hydrogens (primary N) is 3. The third kappa shape index (κ3) is 4.55. The molecular weight excluding hydrogens is 226 g/mol. The van der Waals surface area contributed by atoms with Crippen LogP contribution in [-0.4, -0.2) is 17.8 Å². The van der Waals surface area contributed by atoms with Gasteiger partial charge in [0.1, 0.15) is 0 Å². The molecule has 0 heterocycles. The normalized spacial score (nSPS) is 12.6. The van der Waals surface area contributed by atoms with Crippen molar-refractivity contribution in [2.24, 2.45) is 5.73 Å². The summed E-state index contributed by atoms with van der Waals surface area (Å²) < 4.78 is 0. The number of rotatable bonds is 7. The summed E-state index contributed by atoms with van der Waals surface area (Å²) in [6, 6.07) is 3.88. The highest BCUT2D eigenvalue weighted by atomic mass is 16.3. The third-order valence-electron chi connectivity index (χ3n) is 3.17. The Morgan fingerprint density at radius 3 is 2.22 bits per heavy atom. The van der Waals surface area contributed by atoms with E-state index in [2.05, 4.69) is 0 Å². The van der Waals surface area contributed by atoms with E-state index in [1.54, 1.807) is 0 Å². The van der Waals surface area contributed by atoms with Crippen LogP contribution in [-0.2, 0) is 6.42 Å². The van der Waals surface area contributed by atoms with Crippen LogP contribution < -0.4 is 17.2 Å². The Hall–Kier alpha value is -1.26. The van der Waals surface area contributed by atoms with Gasteiger partial charge >= 0.3 is 0 Å². The molecule has 1 aromatic rings. The van der Waals surface area contributed by atoms with Gasteiger partial charge in [-0.15, -0.1) is 0 Å². The van der Waals surface area contributed by atoms with Crippen LogP contribution in [0.25, 0.3) is 0 Å². The SMILES string of the molecule is Cc1cc(N)c(CCCC(O)CCCN)c(N)c1. The van der Waals surface area contributed by atoms with Crippen LogP contribution in [0.3, 0.4) is 0 Å². The molecule has 4 nitrogen and oxygen atoms in total. The molecule has 4 heteroatoms. The van der Waals surface area contributed by atoms with Crippen LogP contribution in [0, 0.1) is 6.92 Å². The Morgan fingerprint density at radius 2 is 1.67 bits per heavy atom. The minimum absolute atomic E-state index is 0.263. The third-order valence-corrected chi connectivity index (χ3v) is 3.17. The fourth-order valence-corrected chi connectivity index (χ4v) is 2.17. The van der Waals surface area contributed by atoms with Gasteiger partial charge in [0, 0.05) is 11.4 Å². The Kier molecular flexibility index (Phi) is 5.95. The largest absolute Gasteiger partial charge is 0.398 e. The van der Waals surface area contributed by atoms with Crippen molar-refractivity contribution in [3.05, 3.63) is 23.3 Å². The molecule has 18 heavy (non-hydrogen) atoms. The Labute approximate surface area is 109 Å². The maximum Gasteiger partial charge on any atom is 0.0540 e. The molecule has 0 radical (unpaired) electrons. The first-order valence-corrected chi connectivity index (χ1v) is 6.57. The molecule has 0 aliphatic carbocycles. The smallest absolute Gasteiger partial charge is 0.0540 e. The Bertz CT molecular complexity index is 356. The lowest BCUT2D eigenvalue weighted by molar-refractivity contribution is 0.150. The summed E-state index contributed by atoms with van der Waals surface area (Å²) >= 11 is 0. The summed E-state index contributed by atoms with van der Waals surface area (Å²) in [5.41, 5.74) is 20.9. The van der Waals surface area contributed by atoms with E-state index in [4.69, 9.17) is 17.2 Å². The van der Waals surface area contributed by atoms with Crippen molar-refractivity contribution in [3.8, 4) is 0 Å². The second-order valence-corrected chi connectivity index (χ2v) is 4.90. The summed E-state index contributed by atoms with van der Waals surface area (Å²) in [5.74, 6) is 0. The summed E-state index contributed by atoms with van der Waals surface area (Å²) in [5, 5.41) is 9.72. The van der Waals surface area contributed by atoms with Crippen molar-refractivity contribution in [2.75, 3.05) is 18.0 Å². The molecule has 0 spiro atoms. The standard InChI is InChI=1S/C14H25N3O/c1-10-8-13(16)12(14(17)9-10)6-2-4-11(18)5-3-7-15/h8-9,11,18H,2-7,15-17H2,1H3. The molecule has 0 aliphatic heterocycles. The number of nitrogen functional groups attached to an aromatic ring is 2. The molecular formula is C14H25N3O. The molecule has 1 rings (SSSR count). The van der Waals surface area contributed by atoms with Crippen molar-refractivity contribution in [2.45, 2.75) is 45.1 Å². The quantitative estimate of drug-likeness (QED) is 0.553. The molecule has 0 amide bonds. The number of aliphatic hydroxyl groups is 1. The molecule has 0 aromatic heterocycles. The second-order valence-electron chi connectivity index (χ2n) is 4.90. The fraction of sp³-hybridized carbons (Fsp3) is 0.571. The Morgan fingerprint density at radius 1 is 1.11 bits per heavy atom. The summed E-state index contributed by atoms with van der Waals surface area (Å²) in [6.07, 6.45) is 3.86. The molecule has 0 fully saturated rings. The molecule has 1 atom stereocenters. The number of aliphatic hydroxyl groups excluding tert-OH is 1. The van der Waals surface area contributed by atoms with E-state index in [0.29, 0.717) is 6.54 Å². The van der Waals surface area contributed by atoms with Crippen LogP contribution in [0.2, 0.25) is 0 Å². The van der Waals surface area contributed by atoms with E-state index in [9.17, 15) is 5.11 Å². The van der Waals surface area contributed by atoms with Crippen molar-refractivity contribution in [1.82, 2.24) is 0 Å². The van der Waals surface area contributed by atoms with Gasteiger partial charge in [0.15, 0.2) is 0 Å². The fourth-order valence-electron chi connectivity index (χ4n) is 2.17. The van der Waals surface area contributed by atoms with E-state index < -0.39 is 0 Å². The number of hydrogen-bond donors (Lipinski definition) is 4. The minimum atomic E-state index is -0.263. The summed E-state index contributed by atoms with van der Waals surface area (Å²) in [6.45, 7) is 2.61. The van der Waals surface area contributed by atoms with Gasteiger partial charge in [0.25, 0.3) is 0 Å². The number of benzene rings is 1. The van der Waals surface area contributed by atoms with E-state index in [0.717, 1.165) is 54.6 Å². The van der Waals surface area contributed by atoms with Gasteiger partial charge in [-0.3, -0.25) is 0 Å². The number of aryl methyl sites for hydroxylation is 1. The van der Waals surface area contributed by atoms with Crippen molar-refractivity contribution in [3.63, 3.8) is 0 Å². The summed E-state index contributed by atoms with van der Waals surface area (Å²) in [4.78, 5) is 0. The van der Waals surface area contributed by atoms with Crippen LogP contribution in [0.15, 0.2) is 12.1 Å². The van der Waals surface area contributed by atoms with E-state index in [1.807, 2.05) is 19.1 Å². The van der Waals surface area contributed by atoms with Gasteiger partial charge in [-0.25, -0.2) is 0 Å². The second kappa shape index (κ2) is 7.24. The van der Waals surface area contributed by atoms with Crippen molar-refractivity contribution < 1.29 is 5.11 Å². The van der Waals surface area contributed by atoms with Crippen LogP contribution in [0.1, 0.15) is 36.8 Å². The monoisotopic (exact) mass is 251 g/mol. The van der Waals surface area contributed by atoms with Gasteiger partial charge in [0.2, 0.25) is 0 Å². The zero-order valence-corrected chi connectivity index (χ0v) is 11.2.